The minimum atomic E-state index is -3.74. The van der Waals surface area contributed by atoms with Crippen LogP contribution in [0.3, 0.4) is 0 Å². The van der Waals surface area contributed by atoms with Gasteiger partial charge in [0.1, 0.15) is 5.82 Å². The Morgan fingerprint density at radius 3 is 1.68 bits per heavy atom. The zero-order valence-electron chi connectivity index (χ0n) is 18.9. The molecule has 8 nitrogen and oxygen atoms in total. The van der Waals surface area contributed by atoms with Crippen LogP contribution in [0.4, 0.5) is 4.39 Å². The van der Waals surface area contributed by atoms with Crippen LogP contribution in [0.5, 0.6) is 0 Å². The number of rotatable bonds is 5. The molecule has 34 heavy (non-hydrogen) atoms. The molecule has 2 saturated heterocycles. The number of piperazine rings is 1. The van der Waals surface area contributed by atoms with Crippen molar-refractivity contribution in [2.45, 2.75) is 29.6 Å². The Kier molecular flexibility index (Phi) is 7.09. The van der Waals surface area contributed by atoms with Gasteiger partial charge >= 0.3 is 0 Å². The summed E-state index contributed by atoms with van der Waals surface area (Å²) in [7, 11) is -7.34. The summed E-state index contributed by atoms with van der Waals surface area (Å²) in [6.45, 7) is 3.36. The van der Waals surface area contributed by atoms with Crippen molar-refractivity contribution in [3.05, 3.63) is 59.9 Å². The summed E-state index contributed by atoms with van der Waals surface area (Å²) in [5, 5.41) is 0. The fourth-order valence-corrected chi connectivity index (χ4v) is 7.26. The van der Waals surface area contributed by atoms with Gasteiger partial charge < -0.3 is 4.90 Å². The van der Waals surface area contributed by atoms with E-state index in [0.717, 1.165) is 17.7 Å². The number of nitrogens with zero attached hydrogens (tertiary/aromatic N) is 3. The van der Waals surface area contributed by atoms with E-state index >= 15 is 0 Å². The van der Waals surface area contributed by atoms with Gasteiger partial charge in [0.05, 0.1) is 9.79 Å². The molecule has 0 unspecified atom stereocenters. The van der Waals surface area contributed by atoms with Crippen LogP contribution in [-0.2, 0) is 24.8 Å². The van der Waals surface area contributed by atoms with Gasteiger partial charge in [0, 0.05) is 45.2 Å². The van der Waals surface area contributed by atoms with Crippen molar-refractivity contribution in [2.75, 3.05) is 39.3 Å². The summed E-state index contributed by atoms with van der Waals surface area (Å²) in [5.41, 5.74) is 0.978. The Balaban J connectivity index is 1.32. The Hall–Kier alpha value is -2.34. The van der Waals surface area contributed by atoms with Crippen LogP contribution in [-0.4, -0.2) is 75.5 Å². The van der Waals surface area contributed by atoms with Gasteiger partial charge in [-0.2, -0.15) is 8.61 Å². The van der Waals surface area contributed by atoms with Crippen LogP contribution in [0.1, 0.15) is 18.4 Å². The quantitative estimate of drug-likeness (QED) is 0.615. The lowest BCUT2D eigenvalue weighted by atomic mass is 9.96. The number of hydrogen-bond donors (Lipinski definition) is 0. The van der Waals surface area contributed by atoms with Gasteiger partial charge in [-0.1, -0.05) is 17.7 Å². The molecule has 11 heteroatoms. The Morgan fingerprint density at radius 2 is 1.18 bits per heavy atom. The first kappa shape index (κ1) is 24.8. The molecule has 2 aliphatic heterocycles. The van der Waals surface area contributed by atoms with Crippen molar-refractivity contribution in [3.63, 3.8) is 0 Å². The standard InChI is InChI=1S/C23H28FN3O5S2/c1-18-2-6-21(7-3-18)34(31,32)27-16-14-25(15-17-27)23(28)19-10-12-26(13-11-19)33(29,30)22-8-4-20(24)5-9-22/h2-9,19H,10-17H2,1H3. The zero-order chi connectivity index (χ0) is 24.5. The van der Waals surface area contributed by atoms with Gasteiger partial charge in [0.2, 0.25) is 26.0 Å². The van der Waals surface area contributed by atoms with Gasteiger partial charge in [-0.15, -0.1) is 0 Å². The predicted molar refractivity (Wildman–Crippen MR) is 124 cm³/mol. The molecule has 2 aliphatic rings. The molecule has 2 aromatic rings. The first-order chi connectivity index (χ1) is 16.1. The van der Waals surface area contributed by atoms with Crippen molar-refractivity contribution in [1.82, 2.24) is 13.5 Å². The van der Waals surface area contributed by atoms with Crippen LogP contribution in [0, 0.1) is 18.7 Å². The fourth-order valence-electron chi connectivity index (χ4n) is 4.37. The minimum absolute atomic E-state index is 0.0320. The third kappa shape index (κ3) is 5.02. The molecule has 0 atom stereocenters. The molecule has 0 bridgehead atoms. The van der Waals surface area contributed by atoms with E-state index < -0.39 is 25.9 Å². The summed E-state index contributed by atoms with van der Waals surface area (Å²) in [4.78, 5) is 15.0. The number of benzene rings is 2. The van der Waals surface area contributed by atoms with Crippen molar-refractivity contribution in [1.29, 1.82) is 0 Å². The Labute approximate surface area is 200 Å². The second-order valence-corrected chi connectivity index (χ2v) is 12.6. The average Bonchev–Trinajstić information content (AvgIpc) is 2.84. The molecule has 2 heterocycles. The van der Waals surface area contributed by atoms with Crippen LogP contribution in [0.25, 0.3) is 0 Å². The average molecular weight is 510 g/mol. The van der Waals surface area contributed by atoms with Gasteiger partial charge in [0.25, 0.3) is 0 Å². The second kappa shape index (κ2) is 9.73. The molecule has 184 valence electrons. The summed E-state index contributed by atoms with van der Waals surface area (Å²) in [5.74, 6) is -0.874. The molecule has 0 N–H and O–H groups in total. The summed E-state index contributed by atoms with van der Waals surface area (Å²) in [6.07, 6.45) is 0.780. The number of sulfonamides is 2. The molecular weight excluding hydrogens is 481 g/mol. The summed E-state index contributed by atoms with van der Waals surface area (Å²) in [6, 6.07) is 11.4. The highest BCUT2D eigenvalue weighted by Crippen LogP contribution is 2.26. The zero-order valence-corrected chi connectivity index (χ0v) is 20.6. The van der Waals surface area contributed by atoms with E-state index in [-0.39, 0.29) is 47.8 Å². The molecule has 2 fully saturated rings. The van der Waals surface area contributed by atoms with Crippen molar-refractivity contribution >= 4 is 26.0 Å². The van der Waals surface area contributed by atoms with Crippen molar-refractivity contribution in [3.8, 4) is 0 Å². The maximum absolute atomic E-state index is 13.1. The van der Waals surface area contributed by atoms with Gasteiger partial charge in [-0.3, -0.25) is 4.79 Å². The largest absolute Gasteiger partial charge is 0.340 e. The number of carbonyl (C=O) groups excluding carboxylic acids is 1. The van der Waals surface area contributed by atoms with Gasteiger partial charge in [0.15, 0.2) is 0 Å². The summed E-state index contributed by atoms with van der Waals surface area (Å²) >= 11 is 0. The monoisotopic (exact) mass is 509 g/mol. The normalized spacial score (nSPS) is 19.3. The molecule has 0 aromatic heterocycles. The Bertz CT molecular complexity index is 1140. The highest BCUT2D eigenvalue weighted by atomic mass is 32.2. The lowest BCUT2D eigenvalue weighted by molar-refractivity contribution is -0.137. The van der Waals surface area contributed by atoms with Gasteiger partial charge in [-0.25, -0.2) is 21.2 Å². The molecular formula is C23H28FN3O5S2. The van der Waals surface area contributed by atoms with Crippen LogP contribution in [0.2, 0.25) is 0 Å². The molecule has 1 amide bonds. The SMILES string of the molecule is Cc1ccc(S(=O)(=O)N2CCN(C(=O)C3CCN(S(=O)(=O)c4ccc(F)cc4)CC3)CC2)cc1. The van der Waals surface area contributed by atoms with E-state index in [1.165, 1.54) is 20.7 Å². The molecule has 0 aliphatic carbocycles. The minimum Gasteiger partial charge on any atom is -0.340 e. The molecule has 0 spiro atoms. The van der Waals surface area contributed by atoms with Gasteiger partial charge in [-0.05, 0) is 56.2 Å². The maximum atomic E-state index is 13.1. The Morgan fingerprint density at radius 1 is 0.735 bits per heavy atom. The lowest BCUT2D eigenvalue weighted by Crippen LogP contribution is -2.53. The molecule has 0 saturated carbocycles. The molecule has 0 radical (unpaired) electrons. The third-order valence-corrected chi connectivity index (χ3v) is 10.3. The number of halogens is 1. The summed E-state index contributed by atoms with van der Waals surface area (Å²) < 4.78 is 67.2. The molecule has 4 rings (SSSR count). The van der Waals surface area contributed by atoms with Crippen LogP contribution < -0.4 is 0 Å². The van der Waals surface area contributed by atoms with E-state index in [0.29, 0.717) is 25.9 Å². The van der Waals surface area contributed by atoms with E-state index in [1.807, 2.05) is 6.92 Å². The predicted octanol–water partition coefficient (Wildman–Crippen LogP) is 2.07. The number of carbonyl (C=O) groups is 1. The first-order valence-electron chi connectivity index (χ1n) is 11.2. The van der Waals surface area contributed by atoms with E-state index in [2.05, 4.69) is 0 Å². The maximum Gasteiger partial charge on any atom is 0.243 e. The number of hydrogen-bond acceptors (Lipinski definition) is 5. The lowest BCUT2D eigenvalue weighted by Gasteiger charge is -2.37. The van der Waals surface area contributed by atoms with Crippen LogP contribution in [0.15, 0.2) is 58.3 Å². The molecule has 2 aromatic carbocycles. The van der Waals surface area contributed by atoms with E-state index in [4.69, 9.17) is 0 Å². The number of amides is 1. The number of aryl methyl sites for hydroxylation is 1. The smallest absolute Gasteiger partial charge is 0.243 e. The fraction of sp³-hybridized carbons (Fsp3) is 0.435. The van der Waals surface area contributed by atoms with E-state index in [9.17, 15) is 26.0 Å². The van der Waals surface area contributed by atoms with Crippen molar-refractivity contribution in [2.24, 2.45) is 5.92 Å². The topological polar surface area (TPSA) is 95.1 Å². The van der Waals surface area contributed by atoms with E-state index in [1.54, 1.807) is 29.2 Å². The third-order valence-electron chi connectivity index (χ3n) is 6.46. The van der Waals surface area contributed by atoms with Crippen molar-refractivity contribution < 1.29 is 26.0 Å². The number of piperidine rings is 1. The second-order valence-electron chi connectivity index (χ2n) is 8.67. The first-order valence-corrected chi connectivity index (χ1v) is 14.1. The highest BCUT2D eigenvalue weighted by molar-refractivity contribution is 7.89. The van der Waals surface area contributed by atoms with Crippen LogP contribution >= 0.6 is 0 Å². The highest BCUT2D eigenvalue weighted by Gasteiger charge is 2.36.